The molecule has 0 bridgehead atoms. The Kier molecular flexibility index (Phi) is 6.39. The zero-order valence-corrected chi connectivity index (χ0v) is 13.5. The van der Waals surface area contributed by atoms with Crippen molar-refractivity contribution >= 4 is 29.8 Å². The summed E-state index contributed by atoms with van der Waals surface area (Å²) in [6.07, 6.45) is 3.56. The molecule has 0 aliphatic heterocycles. The van der Waals surface area contributed by atoms with Crippen LogP contribution in [0.2, 0.25) is 5.02 Å². The Bertz CT molecular complexity index is 712. The third kappa shape index (κ3) is 6.36. The molecule has 0 aliphatic carbocycles. The first-order valence-corrected chi connectivity index (χ1v) is 7.45. The van der Waals surface area contributed by atoms with Crippen LogP contribution in [0.1, 0.15) is 12.5 Å². The van der Waals surface area contributed by atoms with E-state index in [2.05, 4.69) is 10.5 Å². The lowest BCUT2D eigenvalue weighted by atomic mass is 10.1. The lowest BCUT2D eigenvalue weighted by Gasteiger charge is -2.04. The van der Waals surface area contributed by atoms with Gasteiger partial charge in [-0.3, -0.25) is 4.79 Å². The summed E-state index contributed by atoms with van der Waals surface area (Å²) in [7, 11) is 0. The molecular weight excluding hydrogens is 312 g/mol. The number of rotatable bonds is 6. The molecule has 0 atom stereocenters. The summed E-state index contributed by atoms with van der Waals surface area (Å²) in [5.41, 5.74) is 4.42. The van der Waals surface area contributed by atoms with E-state index in [1.54, 1.807) is 30.5 Å². The molecule has 0 saturated heterocycles. The van der Waals surface area contributed by atoms with Gasteiger partial charge in [0.1, 0.15) is 5.75 Å². The van der Waals surface area contributed by atoms with Gasteiger partial charge in [0.15, 0.2) is 6.61 Å². The van der Waals surface area contributed by atoms with E-state index in [0.717, 1.165) is 11.1 Å². The third-order valence-electron chi connectivity index (χ3n) is 2.82. The number of hydrazone groups is 1. The molecule has 2 aromatic carbocycles. The SMILES string of the molecule is CC(C=NNC(=O)COc1cccc(Cl)c1)=Cc1ccccc1. The monoisotopic (exact) mass is 328 g/mol. The van der Waals surface area contributed by atoms with Crippen molar-refractivity contribution in [1.82, 2.24) is 5.43 Å². The van der Waals surface area contributed by atoms with Gasteiger partial charge in [0.25, 0.3) is 5.91 Å². The molecule has 1 N–H and O–H groups in total. The number of benzene rings is 2. The number of carbonyl (C=O) groups excluding carboxylic acids is 1. The van der Waals surface area contributed by atoms with Crippen LogP contribution in [-0.2, 0) is 4.79 Å². The highest BCUT2D eigenvalue weighted by Gasteiger charge is 2.01. The Balaban J connectivity index is 1.78. The minimum absolute atomic E-state index is 0.126. The third-order valence-corrected chi connectivity index (χ3v) is 3.05. The molecule has 0 heterocycles. The molecule has 0 saturated carbocycles. The average molecular weight is 329 g/mol. The van der Waals surface area contributed by atoms with Gasteiger partial charge in [0.2, 0.25) is 0 Å². The van der Waals surface area contributed by atoms with Gasteiger partial charge in [-0.25, -0.2) is 5.43 Å². The molecule has 0 spiro atoms. The summed E-state index contributed by atoms with van der Waals surface area (Å²) in [6, 6.07) is 16.7. The van der Waals surface area contributed by atoms with E-state index in [1.807, 2.05) is 43.3 Å². The summed E-state index contributed by atoms with van der Waals surface area (Å²) in [5.74, 6) is 0.200. The maximum Gasteiger partial charge on any atom is 0.277 e. The second kappa shape index (κ2) is 8.76. The minimum Gasteiger partial charge on any atom is -0.484 e. The molecule has 0 unspecified atom stereocenters. The van der Waals surface area contributed by atoms with Gasteiger partial charge in [0.05, 0.1) is 6.21 Å². The van der Waals surface area contributed by atoms with Crippen molar-refractivity contribution in [1.29, 1.82) is 0 Å². The minimum atomic E-state index is -0.339. The van der Waals surface area contributed by atoms with E-state index in [1.165, 1.54) is 0 Å². The normalized spacial score (nSPS) is 11.5. The number of hydrogen-bond donors (Lipinski definition) is 1. The van der Waals surface area contributed by atoms with Crippen LogP contribution >= 0.6 is 11.6 Å². The largest absolute Gasteiger partial charge is 0.484 e. The molecule has 2 rings (SSSR count). The predicted molar refractivity (Wildman–Crippen MR) is 93.7 cm³/mol. The lowest BCUT2D eigenvalue weighted by Crippen LogP contribution is -2.24. The molecule has 0 fully saturated rings. The average Bonchev–Trinajstić information content (AvgIpc) is 2.54. The number of ether oxygens (including phenoxy) is 1. The van der Waals surface area contributed by atoms with E-state index < -0.39 is 0 Å². The molecule has 0 aromatic heterocycles. The van der Waals surface area contributed by atoms with Crippen molar-refractivity contribution < 1.29 is 9.53 Å². The van der Waals surface area contributed by atoms with Gasteiger partial charge in [-0.05, 0) is 36.3 Å². The van der Waals surface area contributed by atoms with Gasteiger partial charge in [-0.2, -0.15) is 5.10 Å². The van der Waals surface area contributed by atoms with Gasteiger partial charge in [-0.1, -0.05) is 54.1 Å². The van der Waals surface area contributed by atoms with Crippen molar-refractivity contribution in [2.45, 2.75) is 6.92 Å². The first-order valence-electron chi connectivity index (χ1n) is 7.07. The Morgan fingerprint density at radius 2 is 2.00 bits per heavy atom. The Hall–Kier alpha value is -2.59. The molecule has 23 heavy (non-hydrogen) atoms. The predicted octanol–water partition coefficient (Wildman–Crippen LogP) is 3.92. The Labute approximate surface area is 140 Å². The summed E-state index contributed by atoms with van der Waals surface area (Å²) in [4.78, 5) is 11.6. The molecule has 5 heteroatoms. The number of nitrogens with zero attached hydrogens (tertiary/aromatic N) is 1. The number of nitrogens with one attached hydrogen (secondary N) is 1. The molecular formula is C18H17ClN2O2. The Morgan fingerprint density at radius 1 is 1.22 bits per heavy atom. The zero-order valence-electron chi connectivity index (χ0n) is 12.7. The molecule has 0 aliphatic rings. The van der Waals surface area contributed by atoms with Crippen LogP contribution in [0.4, 0.5) is 0 Å². The van der Waals surface area contributed by atoms with Crippen LogP contribution in [-0.4, -0.2) is 18.7 Å². The van der Waals surface area contributed by atoms with Crippen LogP contribution in [0.15, 0.2) is 65.3 Å². The van der Waals surface area contributed by atoms with Crippen LogP contribution in [0, 0.1) is 0 Å². The maximum atomic E-state index is 11.6. The highest BCUT2D eigenvalue weighted by molar-refractivity contribution is 6.30. The zero-order chi connectivity index (χ0) is 16.5. The van der Waals surface area contributed by atoms with Crippen LogP contribution in [0.25, 0.3) is 6.08 Å². The summed E-state index contributed by atoms with van der Waals surface area (Å²) in [6.45, 7) is 1.78. The van der Waals surface area contributed by atoms with Crippen LogP contribution < -0.4 is 10.2 Å². The van der Waals surface area contributed by atoms with Crippen molar-refractivity contribution in [3.05, 3.63) is 70.8 Å². The topological polar surface area (TPSA) is 50.7 Å². The molecule has 0 radical (unpaired) electrons. The first-order chi connectivity index (χ1) is 11.1. The van der Waals surface area contributed by atoms with Crippen molar-refractivity contribution in [3.63, 3.8) is 0 Å². The van der Waals surface area contributed by atoms with Crippen molar-refractivity contribution in [3.8, 4) is 5.75 Å². The fourth-order valence-corrected chi connectivity index (χ4v) is 1.97. The van der Waals surface area contributed by atoms with Gasteiger partial charge >= 0.3 is 0 Å². The summed E-state index contributed by atoms with van der Waals surface area (Å²) >= 11 is 5.83. The number of hydrogen-bond acceptors (Lipinski definition) is 3. The summed E-state index contributed by atoms with van der Waals surface area (Å²) < 4.78 is 5.32. The quantitative estimate of drug-likeness (QED) is 0.645. The standard InChI is InChI=1S/C18H17ClN2O2/c1-14(10-15-6-3-2-4-7-15)12-20-21-18(22)13-23-17-9-5-8-16(19)11-17/h2-12H,13H2,1H3,(H,21,22). The lowest BCUT2D eigenvalue weighted by molar-refractivity contribution is -0.123. The second-order valence-electron chi connectivity index (χ2n) is 4.84. The first kappa shape index (κ1) is 16.8. The summed E-state index contributed by atoms with van der Waals surface area (Å²) in [5, 5.41) is 4.46. The fraction of sp³-hybridized carbons (Fsp3) is 0.111. The van der Waals surface area contributed by atoms with E-state index in [0.29, 0.717) is 10.8 Å². The Morgan fingerprint density at radius 3 is 2.74 bits per heavy atom. The number of amides is 1. The van der Waals surface area contributed by atoms with Crippen LogP contribution in [0.5, 0.6) is 5.75 Å². The smallest absolute Gasteiger partial charge is 0.277 e. The van der Waals surface area contributed by atoms with E-state index in [-0.39, 0.29) is 12.5 Å². The van der Waals surface area contributed by atoms with Gasteiger partial charge in [0, 0.05) is 5.02 Å². The number of allylic oxidation sites excluding steroid dienone is 1. The van der Waals surface area contributed by atoms with E-state index in [4.69, 9.17) is 16.3 Å². The van der Waals surface area contributed by atoms with E-state index >= 15 is 0 Å². The fourth-order valence-electron chi connectivity index (χ4n) is 1.79. The number of halogens is 1. The van der Waals surface area contributed by atoms with Gasteiger partial charge in [-0.15, -0.1) is 0 Å². The number of carbonyl (C=O) groups is 1. The highest BCUT2D eigenvalue weighted by Crippen LogP contribution is 2.16. The highest BCUT2D eigenvalue weighted by atomic mass is 35.5. The molecule has 2 aromatic rings. The van der Waals surface area contributed by atoms with E-state index in [9.17, 15) is 4.79 Å². The van der Waals surface area contributed by atoms with Crippen LogP contribution in [0.3, 0.4) is 0 Å². The molecule has 1 amide bonds. The second-order valence-corrected chi connectivity index (χ2v) is 5.27. The maximum absolute atomic E-state index is 11.6. The van der Waals surface area contributed by atoms with Crippen molar-refractivity contribution in [2.75, 3.05) is 6.61 Å². The molecule has 118 valence electrons. The molecule has 4 nitrogen and oxygen atoms in total. The van der Waals surface area contributed by atoms with Gasteiger partial charge < -0.3 is 4.74 Å². The van der Waals surface area contributed by atoms with Crippen molar-refractivity contribution in [2.24, 2.45) is 5.10 Å².